The number of anilines is 1. The van der Waals surface area contributed by atoms with Crippen molar-refractivity contribution in [3.05, 3.63) is 23.8 Å². The summed E-state index contributed by atoms with van der Waals surface area (Å²) in [4.78, 5) is 12.6. The summed E-state index contributed by atoms with van der Waals surface area (Å²) < 4.78 is 72.7. The lowest BCUT2D eigenvalue weighted by atomic mass is 10.1. The van der Waals surface area contributed by atoms with Crippen LogP contribution in [0.4, 0.5) is 27.6 Å². The average Bonchev–Trinajstić information content (AvgIpc) is 2.83. The van der Waals surface area contributed by atoms with Gasteiger partial charge in [-0.15, -0.1) is 13.2 Å². The Hall–Kier alpha value is -2.10. The van der Waals surface area contributed by atoms with Gasteiger partial charge in [-0.2, -0.15) is 4.39 Å². The Labute approximate surface area is 127 Å². The molecule has 1 heterocycles. The Kier molecular flexibility index (Phi) is 4.64. The summed E-state index contributed by atoms with van der Waals surface area (Å²) in [6, 6.07) is 0.716. The molecule has 0 aromatic heterocycles. The first-order chi connectivity index (χ1) is 10.6. The van der Waals surface area contributed by atoms with Gasteiger partial charge in [-0.1, -0.05) is 0 Å². The molecule has 23 heavy (non-hydrogen) atoms. The predicted molar refractivity (Wildman–Crippen MR) is 68.8 cm³/mol. The van der Waals surface area contributed by atoms with E-state index in [0.29, 0.717) is 0 Å². The SMILES string of the molecule is COc1c(N2CC(OC(F)(F)F)CC2C(N)=O)ccc(F)c1F. The zero-order chi connectivity index (χ0) is 17.4. The van der Waals surface area contributed by atoms with Gasteiger partial charge in [0.15, 0.2) is 11.6 Å². The molecule has 2 atom stereocenters. The average molecular weight is 340 g/mol. The van der Waals surface area contributed by atoms with Crippen LogP contribution in [0.3, 0.4) is 0 Å². The molecular formula is C13H13F5N2O3. The molecule has 0 bridgehead atoms. The van der Waals surface area contributed by atoms with Crippen LogP contribution in [0.1, 0.15) is 6.42 Å². The third-order valence-corrected chi connectivity index (χ3v) is 3.43. The molecule has 10 heteroatoms. The fourth-order valence-electron chi connectivity index (χ4n) is 2.55. The number of nitrogens with two attached hydrogens (primary N) is 1. The maximum Gasteiger partial charge on any atom is 0.522 e. The molecule has 5 nitrogen and oxygen atoms in total. The number of carbonyl (C=O) groups excluding carboxylic acids is 1. The van der Waals surface area contributed by atoms with Gasteiger partial charge in [0.2, 0.25) is 11.7 Å². The highest BCUT2D eigenvalue weighted by molar-refractivity contribution is 5.85. The molecule has 2 rings (SSSR count). The van der Waals surface area contributed by atoms with Crippen LogP contribution in [0.25, 0.3) is 0 Å². The van der Waals surface area contributed by atoms with Crippen molar-refractivity contribution in [1.29, 1.82) is 0 Å². The molecule has 2 unspecified atom stereocenters. The highest BCUT2D eigenvalue weighted by Crippen LogP contribution is 2.38. The number of hydrogen-bond acceptors (Lipinski definition) is 4. The highest BCUT2D eigenvalue weighted by Gasteiger charge is 2.43. The molecule has 1 fully saturated rings. The normalized spacial score (nSPS) is 21.6. The monoisotopic (exact) mass is 340 g/mol. The van der Waals surface area contributed by atoms with Crippen LogP contribution in [0.15, 0.2) is 12.1 Å². The van der Waals surface area contributed by atoms with Gasteiger partial charge in [0, 0.05) is 13.0 Å². The van der Waals surface area contributed by atoms with Gasteiger partial charge in [-0.25, -0.2) is 4.39 Å². The number of rotatable bonds is 4. The second-order valence-corrected chi connectivity index (χ2v) is 4.91. The molecule has 1 aliphatic rings. The minimum Gasteiger partial charge on any atom is -0.491 e. The second kappa shape index (κ2) is 6.19. The second-order valence-electron chi connectivity index (χ2n) is 4.91. The lowest BCUT2D eigenvalue weighted by molar-refractivity contribution is -0.339. The molecule has 1 amide bonds. The molecule has 0 aliphatic carbocycles. The quantitative estimate of drug-likeness (QED) is 0.851. The van der Waals surface area contributed by atoms with E-state index >= 15 is 0 Å². The summed E-state index contributed by atoms with van der Waals surface area (Å²) in [5, 5.41) is 0. The number of carbonyl (C=O) groups is 1. The Morgan fingerprint density at radius 2 is 2.00 bits per heavy atom. The van der Waals surface area contributed by atoms with Crippen LogP contribution >= 0.6 is 0 Å². The Balaban J connectivity index is 2.37. The highest BCUT2D eigenvalue weighted by atomic mass is 19.4. The van der Waals surface area contributed by atoms with Crippen molar-refractivity contribution in [2.45, 2.75) is 24.9 Å². The van der Waals surface area contributed by atoms with E-state index in [4.69, 9.17) is 10.5 Å². The van der Waals surface area contributed by atoms with Gasteiger partial charge in [-0.3, -0.25) is 9.53 Å². The zero-order valence-corrected chi connectivity index (χ0v) is 11.9. The largest absolute Gasteiger partial charge is 0.522 e. The summed E-state index contributed by atoms with van der Waals surface area (Å²) in [5.41, 5.74) is 5.10. The Morgan fingerprint density at radius 3 is 2.52 bits per heavy atom. The summed E-state index contributed by atoms with van der Waals surface area (Å²) in [6.07, 6.45) is -6.59. The summed E-state index contributed by atoms with van der Waals surface area (Å²) in [5.74, 6) is -3.94. The van der Waals surface area contributed by atoms with Gasteiger partial charge in [0.25, 0.3) is 0 Å². The molecule has 2 N–H and O–H groups in total. The van der Waals surface area contributed by atoms with Crippen LogP contribution in [0.2, 0.25) is 0 Å². The van der Waals surface area contributed by atoms with E-state index in [1.807, 2.05) is 0 Å². The third kappa shape index (κ3) is 3.63. The molecule has 0 spiro atoms. The van der Waals surface area contributed by atoms with E-state index in [2.05, 4.69) is 4.74 Å². The smallest absolute Gasteiger partial charge is 0.491 e. The molecule has 0 saturated carbocycles. The van der Waals surface area contributed by atoms with Gasteiger partial charge in [0.1, 0.15) is 6.04 Å². The minimum absolute atomic E-state index is 0.0801. The maximum absolute atomic E-state index is 13.8. The van der Waals surface area contributed by atoms with E-state index < -0.39 is 41.8 Å². The standard InChI is InChI=1S/C13H13F5N2O3/c1-22-11-8(3-2-7(14)10(11)15)20-5-6(23-13(16,17)18)4-9(20)12(19)21/h2-3,6,9H,4-5H2,1H3,(H2,19,21). The van der Waals surface area contributed by atoms with Crippen molar-refractivity contribution < 1.29 is 36.2 Å². The molecule has 128 valence electrons. The van der Waals surface area contributed by atoms with E-state index in [9.17, 15) is 26.7 Å². The number of halogens is 5. The Bertz CT molecular complexity index is 608. The molecule has 1 aromatic rings. The topological polar surface area (TPSA) is 64.8 Å². The van der Waals surface area contributed by atoms with Crippen LogP contribution in [0.5, 0.6) is 5.75 Å². The molecular weight excluding hydrogens is 327 g/mol. The number of amides is 1. The zero-order valence-electron chi connectivity index (χ0n) is 11.9. The summed E-state index contributed by atoms with van der Waals surface area (Å²) in [7, 11) is 1.07. The van der Waals surface area contributed by atoms with Crippen molar-refractivity contribution in [2.75, 3.05) is 18.6 Å². The minimum atomic E-state index is -4.89. The van der Waals surface area contributed by atoms with Crippen molar-refractivity contribution >= 4 is 11.6 Å². The number of primary amides is 1. The first-order valence-electron chi connectivity index (χ1n) is 6.46. The molecule has 1 aromatic carbocycles. The van der Waals surface area contributed by atoms with Crippen molar-refractivity contribution in [3.8, 4) is 5.75 Å². The van der Waals surface area contributed by atoms with Gasteiger partial charge >= 0.3 is 6.36 Å². The van der Waals surface area contributed by atoms with Crippen molar-refractivity contribution in [1.82, 2.24) is 0 Å². The van der Waals surface area contributed by atoms with Gasteiger partial charge in [-0.05, 0) is 12.1 Å². The fraction of sp³-hybridized carbons (Fsp3) is 0.462. The number of methoxy groups -OCH3 is 1. The van der Waals surface area contributed by atoms with E-state index in [1.165, 1.54) is 0 Å². The van der Waals surface area contributed by atoms with Crippen molar-refractivity contribution in [3.63, 3.8) is 0 Å². The number of alkyl halides is 3. The first kappa shape index (κ1) is 17.3. The lowest BCUT2D eigenvalue weighted by Crippen LogP contribution is -2.40. The molecule has 1 saturated heterocycles. The van der Waals surface area contributed by atoms with Crippen LogP contribution < -0.4 is 15.4 Å². The maximum atomic E-state index is 13.8. The predicted octanol–water partition coefficient (Wildman–Crippen LogP) is 1.94. The van der Waals surface area contributed by atoms with Crippen LogP contribution in [-0.2, 0) is 9.53 Å². The first-order valence-corrected chi connectivity index (χ1v) is 6.46. The summed E-state index contributed by atoms with van der Waals surface area (Å²) >= 11 is 0. The van der Waals surface area contributed by atoms with Gasteiger partial charge < -0.3 is 15.4 Å². The van der Waals surface area contributed by atoms with Crippen molar-refractivity contribution in [2.24, 2.45) is 5.73 Å². The van der Waals surface area contributed by atoms with Crippen LogP contribution in [-0.4, -0.2) is 38.1 Å². The Morgan fingerprint density at radius 1 is 1.35 bits per heavy atom. The lowest BCUT2D eigenvalue weighted by Gasteiger charge is -2.26. The van der Waals surface area contributed by atoms with E-state index in [-0.39, 0.29) is 18.7 Å². The number of benzene rings is 1. The number of nitrogens with zero attached hydrogens (tertiary/aromatic N) is 1. The van der Waals surface area contributed by atoms with E-state index in [1.54, 1.807) is 0 Å². The van der Waals surface area contributed by atoms with Crippen LogP contribution in [0, 0.1) is 11.6 Å². The number of hydrogen-bond donors (Lipinski definition) is 1. The van der Waals surface area contributed by atoms with E-state index in [0.717, 1.165) is 24.1 Å². The van der Waals surface area contributed by atoms with Gasteiger partial charge in [0.05, 0.1) is 18.9 Å². The summed E-state index contributed by atoms with van der Waals surface area (Å²) in [6.45, 7) is -0.380. The molecule has 0 radical (unpaired) electrons. The number of ether oxygens (including phenoxy) is 2. The molecule has 1 aliphatic heterocycles. The fourth-order valence-corrected chi connectivity index (χ4v) is 2.55. The third-order valence-electron chi connectivity index (χ3n) is 3.43.